The molecule has 0 aromatic rings. The summed E-state index contributed by atoms with van der Waals surface area (Å²) in [6.07, 6.45) is 0.197. The highest BCUT2D eigenvalue weighted by molar-refractivity contribution is 6.30. The van der Waals surface area contributed by atoms with Crippen LogP contribution in [0, 0.1) is 0 Å². The van der Waals surface area contributed by atoms with Gasteiger partial charge in [0.2, 0.25) is 5.91 Å². The third kappa shape index (κ3) is 4.72. The van der Waals surface area contributed by atoms with Crippen molar-refractivity contribution in [3.05, 3.63) is 0 Å². The van der Waals surface area contributed by atoms with Crippen LogP contribution in [0.5, 0.6) is 0 Å². The lowest BCUT2D eigenvalue weighted by molar-refractivity contribution is -0.141. The van der Waals surface area contributed by atoms with Crippen LogP contribution in [-0.4, -0.2) is 42.9 Å². The van der Waals surface area contributed by atoms with Gasteiger partial charge in [0.25, 0.3) is 0 Å². The number of carbonyl (C=O) groups excluding carboxylic acids is 2. The van der Waals surface area contributed by atoms with Crippen molar-refractivity contribution in [3.63, 3.8) is 0 Å². The van der Waals surface area contributed by atoms with E-state index < -0.39 is 5.38 Å². The minimum atomic E-state index is -0.553. The van der Waals surface area contributed by atoms with Crippen LogP contribution in [-0.2, 0) is 14.3 Å². The van der Waals surface area contributed by atoms with Gasteiger partial charge in [0.15, 0.2) is 0 Å². The predicted octanol–water partition coefficient (Wildman–Crippen LogP) is 0.635. The molecule has 0 rings (SSSR count). The van der Waals surface area contributed by atoms with Crippen molar-refractivity contribution >= 4 is 23.5 Å². The number of alkyl halides is 1. The Bertz CT molecular complexity index is 194. The number of methoxy groups -OCH3 is 1. The maximum absolute atomic E-state index is 11.2. The van der Waals surface area contributed by atoms with Gasteiger partial charge < -0.3 is 9.64 Å². The van der Waals surface area contributed by atoms with E-state index >= 15 is 0 Å². The summed E-state index contributed by atoms with van der Waals surface area (Å²) >= 11 is 5.56. The Balaban J connectivity index is 3.81. The molecule has 0 aliphatic carbocycles. The third-order valence-electron chi connectivity index (χ3n) is 1.60. The Morgan fingerprint density at radius 3 is 2.46 bits per heavy atom. The Labute approximate surface area is 82.8 Å². The van der Waals surface area contributed by atoms with Crippen molar-refractivity contribution < 1.29 is 14.3 Å². The van der Waals surface area contributed by atoms with Gasteiger partial charge in [-0.3, -0.25) is 9.59 Å². The number of rotatable bonds is 4. The standard InChI is InChI=1S/C8H14ClNO3/c1-6(9)8(12)10(2)5-4-7(11)13-3/h6H,4-5H2,1-3H3. The third-order valence-corrected chi connectivity index (χ3v) is 1.78. The summed E-state index contributed by atoms with van der Waals surface area (Å²) in [6, 6.07) is 0. The number of esters is 1. The van der Waals surface area contributed by atoms with Crippen LogP contribution in [0.3, 0.4) is 0 Å². The van der Waals surface area contributed by atoms with E-state index in [1.807, 2.05) is 0 Å². The zero-order valence-corrected chi connectivity index (χ0v) is 8.80. The van der Waals surface area contributed by atoms with E-state index in [1.54, 1.807) is 14.0 Å². The zero-order valence-electron chi connectivity index (χ0n) is 8.04. The van der Waals surface area contributed by atoms with Crippen molar-refractivity contribution in [3.8, 4) is 0 Å². The van der Waals surface area contributed by atoms with Crippen LogP contribution in [0.25, 0.3) is 0 Å². The highest BCUT2D eigenvalue weighted by Gasteiger charge is 2.15. The number of halogens is 1. The van der Waals surface area contributed by atoms with Gasteiger partial charge in [-0.2, -0.15) is 0 Å². The summed E-state index contributed by atoms with van der Waals surface area (Å²) in [5.74, 6) is -0.521. The number of hydrogen-bond donors (Lipinski definition) is 0. The molecular weight excluding hydrogens is 194 g/mol. The Kier molecular flexibility index (Phi) is 5.46. The molecule has 5 heteroatoms. The van der Waals surface area contributed by atoms with Crippen molar-refractivity contribution in [1.29, 1.82) is 0 Å². The highest BCUT2D eigenvalue weighted by atomic mass is 35.5. The largest absolute Gasteiger partial charge is 0.469 e. The van der Waals surface area contributed by atoms with Crippen molar-refractivity contribution in [2.75, 3.05) is 20.7 Å². The molecule has 0 bridgehead atoms. The SMILES string of the molecule is COC(=O)CCN(C)C(=O)C(C)Cl. The molecule has 1 atom stereocenters. The Hall–Kier alpha value is -0.770. The number of nitrogens with zero attached hydrogens (tertiary/aromatic N) is 1. The van der Waals surface area contributed by atoms with Gasteiger partial charge in [-0.25, -0.2) is 0 Å². The monoisotopic (exact) mass is 207 g/mol. The first-order chi connectivity index (χ1) is 5.99. The van der Waals surface area contributed by atoms with Gasteiger partial charge in [-0.05, 0) is 6.92 Å². The fourth-order valence-electron chi connectivity index (χ4n) is 0.775. The van der Waals surface area contributed by atoms with Crippen LogP contribution >= 0.6 is 11.6 Å². The summed E-state index contributed by atoms with van der Waals surface area (Å²) in [6.45, 7) is 1.93. The molecule has 0 aromatic carbocycles. The quantitative estimate of drug-likeness (QED) is 0.502. The minimum Gasteiger partial charge on any atom is -0.469 e. The molecule has 76 valence electrons. The lowest BCUT2D eigenvalue weighted by Gasteiger charge is -2.17. The van der Waals surface area contributed by atoms with Gasteiger partial charge in [0.05, 0.1) is 13.5 Å². The fraction of sp³-hybridized carbons (Fsp3) is 0.750. The molecule has 4 nitrogen and oxygen atoms in total. The lowest BCUT2D eigenvalue weighted by atomic mass is 10.3. The van der Waals surface area contributed by atoms with Gasteiger partial charge >= 0.3 is 5.97 Å². The summed E-state index contributed by atoms with van der Waals surface area (Å²) in [5.41, 5.74) is 0. The molecule has 1 amide bonds. The molecule has 0 radical (unpaired) electrons. The molecule has 13 heavy (non-hydrogen) atoms. The average Bonchev–Trinajstić information content (AvgIpc) is 2.11. The zero-order chi connectivity index (χ0) is 10.4. The van der Waals surface area contributed by atoms with Gasteiger partial charge in [0.1, 0.15) is 5.38 Å². The first-order valence-electron chi connectivity index (χ1n) is 3.95. The van der Waals surface area contributed by atoms with Crippen molar-refractivity contribution in [2.24, 2.45) is 0 Å². The second kappa shape index (κ2) is 5.80. The predicted molar refractivity (Wildman–Crippen MR) is 49.6 cm³/mol. The van der Waals surface area contributed by atoms with Gasteiger partial charge in [-0.15, -0.1) is 11.6 Å². The molecular formula is C8H14ClNO3. The molecule has 0 aliphatic heterocycles. The molecule has 0 saturated heterocycles. The summed E-state index contributed by atoms with van der Waals surface area (Å²) in [7, 11) is 2.92. The number of hydrogen-bond acceptors (Lipinski definition) is 3. The Morgan fingerprint density at radius 1 is 1.54 bits per heavy atom. The van der Waals surface area contributed by atoms with E-state index in [1.165, 1.54) is 12.0 Å². The molecule has 0 heterocycles. The normalized spacial score (nSPS) is 12.0. The molecule has 0 aromatic heterocycles. The second-order valence-corrected chi connectivity index (χ2v) is 3.36. The first-order valence-corrected chi connectivity index (χ1v) is 4.38. The van der Waals surface area contributed by atoms with E-state index in [0.717, 1.165) is 0 Å². The molecule has 0 fully saturated rings. The van der Waals surface area contributed by atoms with Crippen LogP contribution in [0.4, 0.5) is 0 Å². The smallest absolute Gasteiger partial charge is 0.307 e. The molecule has 0 aliphatic rings. The van der Waals surface area contributed by atoms with Gasteiger partial charge in [-0.1, -0.05) is 0 Å². The van der Waals surface area contributed by atoms with Crippen LogP contribution in [0.15, 0.2) is 0 Å². The lowest BCUT2D eigenvalue weighted by Crippen LogP contribution is -2.33. The van der Waals surface area contributed by atoms with E-state index in [2.05, 4.69) is 4.74 Å². The summed E-state index contributed by atoms with van der Waals surface area (Å²) < 4.78 is 4.43. The minimum absolute atomic E-state index is 0.189. The maximum Gasteiger partial charge on any atom is 0.307 e. The topological polar surface area (TPSA) is 46.6 Å². The molecule has 0 spiro atoms. The van der Waals surface area contributed by atoms with E-state index in [9.17, 15) is 9.59 Å². The number of amides is 1. The van der Waals surface area contributed by atoms with Gasteiger partial charge in [0, 0.05) is 13.6 Å². The van der Waals surface area contributed by atoms with E-state index in [-0.39, 0.29) is 18.3 Å². The maximum atomic E-state index is 11.2. The molecule has 0 saturated carbocycles. The second-order valence-electron chi connectivity index (χ2n) is 2.70. The average molecular weight is 208 g/mol. The van der Waals surface area contributed by atoms with E-state index in [0.29, 0.717) is 6.54 Å². The van der Waals surface area contributed by atoms with Crippen LogP contribution in [0.2, 0.25) is 0 Å². The molecule has 1 unspecified atom stereocenters. The van der Waals surface area contributed by atoms with Crippen molar-refractivity contribution in [2.45, 2.75) is 18.7 Å². The summed E-state index contributed by atoms with van der Waals surface area (Å²) in [4.78, 5) is 23.3. The highest BCUT2D eigenvalue weighted by Crippen LogP contribution is 2.00. The fourth-order valence-corrected chi connectivity index (χ4v) is 0.942. The van der Waals surface area contributed by atoms with Crippen LogP contribution < -0.4 is 0 Å². The van der Waals surface area contributed by atoms with Crippen LogP contribution in [0.1, 0.15) is 13.3 Å². The number of ether oxygens (including phenoxy) is 1. The Morgan fingerprint density at radius 2 is 2.08 bits per heavy atom. The first kappa shape index (κ1) is 12.2. The van der Waals surface area contributed by atoms with Crippen molar-refractivity contribution in [1.82, 2.24) is 4.90 Å². The summed E-state index contributed by atoms with van der Waals surface area (Å²) in [5, 5.41) is -0.553. The number of carbonyl (C=O) groups is 2. The van der Waals surface area contributed by atoms with E-state index in [4.69, 9.17) is 11.6 Å². The molecule has 0 N–H and O–H groups in total.